The van der Waals surface area contributed by atoms with Crippen molar-refractivity contribution in [1.82, 2.24) is 15.5 Å². The van der Waals surface area contributed by atoms with Gasteiger partial charge in [0.05, 0.1) is 0 Å². The molecule has 2 fully saturated rings. The van der Waals surface area contributed by atoms with Gasteiger partial charge in [-0.25, -0.2) is 4.79 Å². The van der Waals surface area contributed by atoms with Crippen molar-refractivity contribution in [2.45, 2.75) is 108 Å². The van der Waals surface area contributed by atoms with Gasteiger partial charge in [0.2, 0.25) is 17.7 Å². The standard InChI is InChI=1S/C29H40N4O5/c1-5-19-11-9-10-14-22(19)25(26(35)31-20-12-7-6-8-13-20)33(21-15-16-21)27(36)23(17-18-24(30)34)32-28(37)38-29(2,3)4/h1,9-11,14,20-21,23,25H,6-8,12-13,15-18H2,2-4H3,(H2,30,34)(H,31,35)(H,32,37). The summed E-state index contributed by atoms with van der Waals surface area (Å²) < 4.78 is 5.37. The molecule has 2 aliphatic carbocycles. The van der Waals surface area contributed by atoms with Gasteiger partial charge in [0, 0.05) is 24.1 Å². The predicted molar refractivity (Wildman–Crippen MR) is 144 cm³/mol. The van der Waals surface area contributed by atoms with Crippen LogP contribution < -0.4 is 16.4 Å². The summed E-state index contributed by atoms with van der Waals surface area (Å²) in [5.74, 6) is 1.27. The van der Waals surface area contributed by atoms with Gasteiger partial charge >= 0.3 is 6.09 Å². The van der Waals surface area contributed by atoms with E-state index in [2.05, 4.69) is 16.6 Å². The molecule has 2 aliphatic rings. The Hall–Kier alpha value is -3.54. The highest BCUT2D eigenvalue weighted by Crippen LogP contribution is 2.37. The summed E-state index contributed by atoms with van der Waals surface area (Å²) in [5.41, 5.74) is 5.65. The molecule has 1 aromatic rings. The fraction of sp³-hybridized carbons (Fsp3) is 0.586. The molecule has 3 rings (SSSR count). The summed E-state index contributed by atoms with van der Waals surface area (Å²) in [6.07, 6.45) is 11.3. The molecule has 1 aromatic carbocycles. The summed E-state index contributed by atoms with van der Waals surface area (Å²) in [6, 6.07) is 4.82. The number of alkyl carbamates (subject to hydrolysis) is 1. The minimum atomic E-state index is -1.11. The number of amides is 4. The van der Waals surface area contributed by atoms with E-state index in [1.54, 1.807) is 45.0 Å². The minimum Gasteiger partial charge on any atom is -0.444 e. The van der Waals surface area contributed by atoms with Crippen LogP contribution in [-0.2, 0) is 19.1 Å². The van der Waals surface area contributed by atoms with Gasteiger partial charge in [0.25, 0.3) is 0 Å². The van der Waals surface area contributed by atoms with E-state index in [0.29, 0.717) is 24.0 Å². The van der Waals surface area contributed by atoms with Crippen LogP contribution in [0.4, 0.5) is 4.79 Å². The van der Waals surface area contributed by atoms with Crippen molar-refractivity contribution in [3.05, 3.63) is 35.4 Å². The van der Waals surface area contributed by atoms with Gasteiger partial charge in [-0.1, -0.05) is 43.4 Å². The molecule has 9 nitrogen and oxygen atoms in total. The molecule has 9 heteroatoms. The van der Waals surface area contributed by atoms with Gasteiger partial charge < -0.3 is 26.0 Å². The van der Waals surface area contributed by atoms with Crippen LogP contribution in [0.15, 0.2) is 24.3 Å². The van der Waals surface area contributed by atoms with E-state index >= 15 is 0 Å². The van der Waals surface area contributed by atoms with Crippen molar-refractivity contribution in [3.8, 4) is 12.3 Å². The number of rotatable bonds is 10. The maximum atomic E-state index is 14.1. The second kappa shape index (κ2) is 12.8. The molecule has 0 heterocycles. The second-order valence-corrected chi connectivity index (χ2v) is 11.2. The number of hydrogen-bond acceptors (Lipinski definition) is 5. The highest BCUT2D eigenvalue weighted by Gasteiger charge is 2.45. The van der Waals surface area contributed by atoms with Crippen molar-refractivity contribution in [1.29, 1.82) is 0 Å². The number of primary amides is 1. The molecule has 4 amide bonds. The fourth-order valence-corrected chi connectivity index (χ4v) is 4.86. The number of benzene rings is 1. The lowest BCUT2D eigenvalue weighted by atomic mass is 9.93. The second-order valence-electron chi connectivity index (χ2n) is 11.2. The number of hydrogen-bond donors (Lipinski definition) is 3. The highest BCUT2D eigenvalue weighted by atomic mass is 16.6. The number of carbonyl (C=O) groups is 4. The first-order valence-electron chi connectivity index (χ1n) is 13.5. The Morgan fingerprint density at radius 2 is 1.76 bits per heavy atom. The topological polar surface area (TPSA) is 131 Å². The number of terminal acetylenes is 1. The molecule has 2 unspecified atom stereocenters. The number of ether oxygens (including phenoxy) is 1. The zero-order valence-corrected chi connectivity index (χ0v) is 22.6. The van der Waals surface area contributed by atoms with Crippen LogP contribution in [0.5, 0.6) is 0 Å². The van der Waals surface area contributed by atoms with Crippen molar-refractivity contribution in [3.63, 3.8) is 0 Å². The molecular formula is C29H40N4O5. The number of nitrogens with zero attached hydrogens (tertiary/aromatic N) is 1. The van der Waals surface area contributed by atoms with E-state index in [1.165, 1.54) is 4.90 Å². The first-order valence-corrected chi connectivity index (χ1v) is 13.5. The van der Waals surface area contributed by atoms with E-state index in [0.717, 1.165) is 32.1 Å². The lowest BCUT2D eigenvalue weighted by Gasteiger charge is -2.36. The number of nitrogens with one attached hydrogen (secondary N) is 2. The summed E-state index contributed by atoms with van der Waals surface area (Å²) in [4.78, 5) is 53.8. The van der Waals surface area contributed by atoms with Gasteiger partial charge in [0.15, 0.2) is 0 Å². The van der Waals surface area contributed by atoms with E-state index < -0.39 is 35.6 Å². The van der Waals surface area contributed by atoms with E-state index in [-0.39, 0.29) is 30.8 Å². The van der Waals surface area contributed by atoms with E-state index in [9.17, 15) is 19.2 Å². The molecule has 0 aromatic heterocycles. The third-order valence-corrected chi connectivity index (χ3v) is 6.75. The van der Waals surface area contributed by atoms with Gasteiger partial charge in [-0.05, 0) is 64.5 Å². The molecule has 0 radical (unpaired) electrons. The quantitative estimate of drug-likeness (QED) is 0.404. The first-order chi connectivity index (χ1) is 18.0. The molecule has 2 saturated carbocycles. The largest absolute Gasteiger partial charge is 0.444 e. The lowest BCUT2D eigenvalue weighted by molar-refractivity contribution is -0.143. The smallest absolute Gasteiger partial charge is 0.408 e. The molecule has 2 atom stereocenters. The Bertz CT molecular complexity index is 1060. The maximum absolute atomic E-state index is 14.1. The van der Waals surface area contributed by atoms with Crippen molar-refractivity contribution in [2.24, 2.45) is 5.73 Å². The minimum absolute atomic E-state index is 0.0234. The first kappa shape index (κ1) is 29.0. The Morgan fingerprint density at radius 1 is 1.11 bits per heavy atom. The van der Waals surface area contributed by atoms with E-state index in [4.69, 9.17) is 16.9 Å². The molecule has 0 aliphatic heterocycles. The Labute approximate surface area is 225 Å². The molecule has 4 N–H and O–H groups in total. The average molecular weight is 525 g/mol. The Balaban J connectivity index is 1.98. The monoisotopic (exact) mass is 524 g/mol. The molecule has 0 bridgehead atoms. The summed E-state index contributed by atoms with van der Waals surface area (Å²) >= 11 is 0. The maximum Gasteiger partial charge on any atom is 0.408 e. The number of nitrogens with two attached hydrogens (primary N) is 1. The van der Waals surface area contributed by atoms with Crippen LogP contribution in [0.25, 0.3) is 0 Å². The predicted octanol–water partition coefficient (Wildman–Crippen LogP) is 3.31. The van der Waals surface area contributed by atoms with E-state index in [1.807, 2.05) is 0 Å². The molecule has 0 saturated heterocycles. The fourth-order valence-electron chi connectivity index (χ4n) is 4.86. The van der Waals surface area contributed by atoms with Gasteiger partial charge in [-0.3, -0.25) is 14.4 Å². The van der Waals surface area contributed by atoms with Crippen LogP contribution in [0.2, 0.25) is 0 Å². The average Bonchev–Trinajstić information content (AvgIpc) is 3.69. The zero-order chi connectivity index (χ0) is 27.9. The SMILES string of the molecule is C#Cc1ccccc1C(C(=O)NC1CCCCC1)N(C(=O)C(CCC(N)=O)NC(=O)OC(C)(C)C)C1CC1. The molecule has 38 heavy (non-hydrogen) atoms. The van der Waals surface area contributed by atoms with Crippen LogP contribution in [0.3, 0.4) is 0 Å². The third kappa shape index (κ3) is 8.23. The Morgan fingerprint density at radius 3 is 2.34 bits per heavy atom. The van der Waals surface area contributed by atoms with Gasteiger partial charge in [-0.2, -0.15) is 0 Å². The van der Waals surface area contributed by atoms with Crippen molar-refractivity contribution >= 4 is 23.8 Å². The number of carbonyl (C=O) groups excluding carboxylic acids is 4. The summed E-state index contributed by atoms with van der Waals surface area (Å²) in [5, 5.41) is 5.78. The van der Waals surface area contributed by atoms with Gasteiger partial charge in [0.1, 0.15) is 17.7 Å². The Kier molecular flexibility index (Phi) is 9.78. The van der Waals surface area contributed by atoms with Crippen LogP contribution in [0.1, 0.15) is 95.7 Å². The van der Waals surface area contributed by atoms with Gasteiger partial charge in [-0.15, -0.1) is 6.42 Å². The summed E-state index contributed by atoms with van der Waals surface area (Å²) in [6.45, 7) is 5.14. The van der Waals surface area contributed by atoms with Crippen LogP contribution >= 0.6 is 0 Å². The molecular weight excluding hydrogens is 484 g/mol. The normalized spacial score (nSPS) is 17.4. The summed E-state index contributed by atoms with van der Waals surface area (Å²) in [7, 11) is 0. The van der Waals surface area contributed by atoms with Crippen molar-refractivity contribution in [2.75, 3.05) is 0 Å². The third-order valence-electron chi connectivity index (χ3n) is 6.75. The van der Waals surface area contributed by atoms with Crippen LogP contribution in [-0.4, -0.2) is 52.4 Å². The molecule has 206 valence electrons. The lowest BCUT2D eigenvalue weighted by Crippen LogP contribution is -2.54. The van der Waals surface area contributed by atoms with Crippen LogP contribution in [0, 0.1) is 12.3 Å². The molecule has 0 spiro atoms. The highest BCUT2D eigenvalue weighted by molar-refractivity contribution is 5.93. The van der Waals surface area contributed by atoms with Crippen molar-refractivity contribution < 1.29 is 23.9 Å². The zero-order valence-electron chi connectivity index (χ0n) is 22.6.